The number of phenolic OH excluding ortho intramolecular Hbond substituents is 1. The molecule has 0 aliphatic carbocycles. The maximum atomic E-state index is 13.3. The number of aryl methyl sites for hydroxylation is 1. The van der Waals surface area contributed by atoms with Crippen LogP contribution in [0.25, 0.3) is 11.4 Å². The number of carbonyl (C=O) groups is 1. The topological polar surface area (TPSA) is 104 Å². The molecule has 0 unspecified atom stereocenters. The van der Waals surface area contributed by atoms with Crippen molar-refractivity contribution in [3.05, 3.63) is 58.7 Å². The number of phenols is 1. The van der Waals surface area contributed by atoms with E-state index in [4.69, 9.17) is 0 Å². The van der Waals surface area contributed by atoms with Gasteiger partial charge in [0.15, 0.2) is 0 Å². The summed E-state index contributed by atoms with van der Waals surface area (Å²) in [4.78, 5) is 11.8. The summed E-state index contributed by atoms with van der Waals surface area (Å²) in [5.41, 5.74) is 0.750. The van der Waals surface area contributed by atoms with E-state index in [0.29, 0.717) is 42.4 Å². The highest BCUT2D eigenvalue weighted by Crippen LogP contribution is 2.34. The minimum absolute atomic E-state index is 0.0532. The molecule has 7 nitrogen and oxygen atoms in total. The Balaban J connectivity index is 1.90. The summed E-state index contributed by atoms with van der Waals surface area (Å²) in [6.45, 7) is 4.05. The fourth-order valence-electron chi connectivity index (χ4n) is 3.05. The Labute approximate surface area is 188 Å². The molecule has 33 heavy (non-hydrogen) atoms. The van der Waals surface area contributed by atoms with Crippen molar-refractivity contribution in [2.75, 3.05) is 6.54 Å². The van der Waals surface area contributed by atoms with E-state index in [0.717, 1.165) is 17.7 Å². The summed E-state index contributed by atoms with van der Waals surface area (Å²) in [5.74, 6) is 5.11. The summed E-state index contributed by atoms with van der Waals surface area (Å²) in [6, 6.07) is 8.16. The Morgan fingerprint density at radius 2 is 1.88 bits per heavy atom. The van der Waals surface area contributed by atoms with Crippen molar-refractivity contribution < 1.29 is 23.1 Å². The Morgan fingerprint density at radius 1 is 1.15 bits per heavy atom. The number of benzene rings is 2. The van der Waals surface area contributed by atoms with Crippen LogP contribution in [-0.2, 0) is 17.4 Å². The van der Waals surface area contributed by atoms with Gasteiger partial charge in [-0.1, -0.05) is 25.7 Å². The number of aromatic nitrogens is 4. The zero-order valence-corrected chi connectivity index (χ0v) is 18.0. The number of hydrogen-bond donors (Lipinski definition) is 3. The Hall–Kier alpha value is -3.87. The quantitative estimate of drug-likeness (QED) is 0.387. The number of nitrogens with zero attached hydrogens (tertiary/aromatic N) is 3. The zero-order chi connectivity index (χ0) is 24.0. The van der Waals surface area contributed by atoms with Gasteiger partial charge in [0.1, 0.15) is 5.75 Å². The van der Waals surface area contributed by atoms with E-state index >= 15 is 0 Å². The molecule has 0 radical (unpaired) electrons. The Morgan fingerprint density at radius 3 is 2.55 bits per heavy atom. The van der Waals surface area contributed by atoms with Crippen LogP contribution >= 0.6 is 0 Å². The van der Waals surface area contributed by atoms with Crippen LogP contribution in [0.4, 0.5) is 13.2 Å². The van der Waals surface area contributed by atoms with E-state index in [1.807, 2.05) is 0 Å². The highest BCUT2D eigenvalue weighted by Gasteiger charge is 2.33. The molecular formula is C23H22F3N5O2. The van der Waals surface area contributed by atoms with E-state index in [1.54, 1.807) is 32.0 Å². The van der Waals surface area contributed by atoms with E-state index in [9.17, 15) is 23.1 Å². The van der Waals surface area contributed by atoms with Crippen molar-refractivity contribution in [2.24, 2.45) is 5.92 Å². The highest BCUT2D eigenvalue weighted by atomic mass is 19.4. The first-order valence-corrected chi connectivity index (χ1v) is 10.2. The first-order chi connectivity index (χ1) is 15.6. The fraction of sp³-hybridized carbons (Fsp3) is 0.304. The number of nitrogens with one attached hydrogen (secondary N) is 2. The van der Waals surface area contributed by atoms with Crippen LogP contribution in [-0.4, -0.2) is 38.2 Å². The summed E-state index contributed by atoms with van der Waals surface area (Å²) in [7, 11) is 0. The van der Waals surface area contributed by atoms with E-state index in [2.05, 4.69) is 37.8 Å². The van der Waals surface area contributed by atoms with Gasteiger partial charge >= 0.3 is 6.18 Å². The number of carbonyl (C=O) groups excluding carboxylic acids is 1. The number of amides is 1. The monoisotopic (exact) mass is 457 g/mol. The van der Waals surface area contributed by atoms with Gasteiger partial charge in [0, 0.05) is 29.2 Å². The molecule has 3 aromatic rings. The zero-order valence-electron chi connectivity index (χ0n) is 18.0. The van der Waals surface area contributed by atoms with Gasteiger partial charge in [0.05, 0.1) is 5.56 Å². The predicted octanol–water partition coefficient (Wildman–Crippen LogP) is 3.70. The smallest absolute Gasteiger partial charge is 0.417 e. The average Bonchev–Trinajstić information content (AvgIpc) is 3.30. The third kappa shape index (κ3) is 6.32. The second-order valence-electron chi connectivity index (χ2n) is 7.63. The van der Waals surface area contributed by atoms with Crippen molar-refractivity contribution in [3.63, 3.8) is 0 Å². The summed E-state index contributed by atoms with van der Waals surface area (Å²) in [6.07, 6.45) is -3.52. The molecule has 0 spiro atoms. The lowest BCUT2D eigenvalue weighted by Gasteiger charge is -2.10. The fourth-order valence-corrected chi connectivity index (χ4v) is 3.05. The average molecular weight is 457 g/mol. The number of rotatable bonds is 6. The van der Waals surface area contributed by atoms with Crippen LogP contribution in [0.1, 0.15) is 42.5 Å². The number of halogens is 3. The van der Waals surface area contributed by atoms with E-state index < -0.39 is 17.5 Å². The minimum Gasteiger partial charge on any atom is -0.508 e. The van der Waals surface area contributed by atoms with Gasteiger partial charge in [0.25, 0.3) is 0 Å². The SMILES string of the molecule is CC(C)C(=O)NCCCc1cc(-c2nn[nH]n2)ccc1C#Cc1ccc(O)cc1C(F)(F)F. The highest BCUT2D eigenvalue weighted by molar-refractivity contribution is 5.77. The maximum Gasteiger partial charge on any atom is 0.417 e. The molecule has 0 saturated heterocycles. The van der Waals surface area contributed by atoms with Gasteiger partial charge < -0.3 is 10.4 Å². The van der Waals surface area contributed by atoms with Gasteiger partial charge in [-0.3, -0.25) is 4.79 Å². The first kappa shape index (κ1) is 23.8. The van der Waals surface area contributed by atoms with E-state index in [1.165, 1.54) is 0 Å². The molecule has 0 atom stereocenters. The van der Waals surface area contributed by atoms with Crippen molar-refractivity contribution in [2.45, 2.75) is 32.9 Å². The number of H-pyrrole nitrogens is 1. The number of tetrazole rings is 1. The molecule has 0 aliphatic rings. The van der Waals surface area contributed by atoms with Gasteiger partial charge in [0.2, 0.25) is 11.7 Å². The van der Waals surface area contributed by atoms with Crippen LogP contribution in [0.5, 0.6) is 5.75 Å². The Kier molecular flexibility index (Phi) is 7.33. The van der Waals surface area contributed by atoms with Crippen LogP contribution in [0.2, 0.25) is 0 Å². The molecule has 2 aromatic carbocycles. The lowest BCUT2D eigenvalue weighted by atomic mass is 9.99. The molecule has 172 valence electrons. The normalized spacial score (nSPS) is 11.2. The summed E-state index contributed by atoms with van der Waals surface area (Å²) >= 11 is 0. The van der Waals surface area contributed by atoms with Gasteiger partial charge in [-0.05, 0) is 60.0 Å². The van der Waals surface area contributed by atoms with Crippen LogP contribution in [0, 0.1) is 17.8 Å². The van der Waals surface area contributed by atoms with Crippen molar-refractivity contribution in [1.82, 2.24) is 25.9 Å². The van der Waals surface area contributed by atoms with Crippen LogP contribution in [0.15, 0.2) is 36.4 Å². The molecule has 1 amide bonds. The third-order valence-corrected chi connectivity index (χ3v) is 4.80. The Bertz CT molecular complexity index is 1180. The molecule has 0 saturated carbocycles. The third-order valence-electron chi connectivity index (χ3n) is 4.80. The number of aromatic amines is 1. The number of hydrogen-bond acceptors (Lipinski definition) is 5. The lowest BCUT2D eigenvalue weighted by molar-refractivity contribution is -0.137. The standard InChI is InChI=1S/C23H22F3N5O2/c1-14(2)22(33)27-11-3-4-17-12-18(21-28-30-31-29-21)8-6-15(17)5-7-16-9-10-19(32)13-20(16)23(24,25)26/h6,8-10,12-14,32H,3-4,11H2,1-2H3,(H,27,33)(H,28,29,30,31). The molecule has 1 aromatic heterocycles. The van der Waals surface area contributed by atoms with Crippen LogP contribution < -0.4 is 5.32 Å². The maximum absolute atomic E-state index is 13.3. The summed E-state index contributed by atoms with van der Waals surface area (Å²) < 4.78 is 40.0. The van der Waals surface area contributed by atoms with Gasteiger partial charge in [-0.15, -0.1) is 10.2 Å². The number of alkyl halides is 3. The minimum atomic E-state index is -4.65. The van der Waals surface area contributed by atoms with Crippen LogP contribution in [0.3, 0.4) is 0 Å². The van der Waals surface area contributed by atoms with Crippen molar-refractivity contribution >= 4 is 5.91 Å². The number of aromatic hydroxyl groups is 1. The van der Waals surface area contributed by atoms with Gasteiger partial charge in [-0.2, -0.15) is 18.4 Å². The molecular weight excluding hydrogens is 435 g/mol. The van der Waals surface area contributed by atoms with Crippen molar-refractivity contribution in [1.29, 1.82) is 0 Å². The molecule has 0 fully saturated rings. The largest absolute Gasteiger partial charge is 0.508 e. The van der Waals surface area contributed by atoms with E-state index in [-0.39, 0.29) is 17.4 Å². The van der Waals surface area contributed by atoms with Crippen molar-refractivity contribution in [3.8, 4) is 29.0 Å². The molecule has 10 heteroatoms. The lowest BCUT2D eigenvalue weighted by Crippen LogP contribution is -2.28. The van der Waals surface area contributed by atoms with Gasteiger partial charge in [-0.25, -0.2) is 0 Å². The summed E-state index contributed by atoms with van der Waals surface area (Å²) in [5, 5.41) is 26.1. The predicted molar refractivity (Wildman–Crippen MR) is 115 cm³/mol. The molecule has 0 bridgehead atoms. The first-order valence-electron chi connectivity index (χ1n) is 10.2. The second-order valence-corrected chi connectivity index (χ2v) is 7.63. The molecule has 3 N–H and O–H groups in total. The molecule has 0 aliphatic heterocycles. The second kappa shape index (κ2) is 10.2. The molecule has 1 heterocycles. The molecule has 3 rings (SSSR count).